The number of piperazine rings is 1. The van der Waals surface area contributed by atoms with Crippen molar-refractivity contribution in [1.82, 2.24) is 20.0 Å². The van der Waals surface area contributed by atoms with Gasteiger partial charge in [-0.15, -0.1) is 0 Å². The van der Waals surface area contributed by atoms with Crippen molar-refractivity contribution in [3.63, 3.8) is 0 Å². The van der Waals surface area contributed by atoms with Crippen LogP contribution in [-0.2, 0) is 6.42 Å². The lowest BCUT2D eigenvalue weighted by atomic mass is 10.0. The maximum atomic E-state index is 14.7. The minimum absolute atomic E-state index is 0.0152. The minimum Gasteiger partial charge on any atom is -0.335 e. The number of aromatic amines is 1. The van der Waals surface area contributed by atoms with E-state index in [4.69, 9.17) is 0 Å². The van der Waals surface area contributed by atoms with Crippen molar-refractivity contribution in [3.05, 3.63) is 109 Å². The Balaban J connectivity index is 1.31. The first-order valence-electron chi connectivity index (χ1n) is 11.5. The molecule has 36 heavy (non-hydrogen) atoms. The molecule has 0 spiro atoms. The predicted octanol–water partition coefficient (Wildman–Crippen LogP) is 3.86. The van der Waals surface area contributed by atoms with Gasteiger partial charge >= 0.3 is 0 Å². The van der Waals surface area contributed by atoms with Crippen molar-refractivity contribution >= 4 is 45.2 Å². The van der Waals surface area contributed by atoms with Crippen molar-refractivity contribution in [3.8, 4) is 0 Å². The van der Waals surface area contributed by atoms with Crippen molar-refractivity contribution in [2.45, 2.75) is 6.42 Å². The molecule has 1 aliphatic rings. The normalized spacial score (nSPS) is 13.7. The number of H-pyrrole nitrogens is 1. The van der Waals surface area contributed by atoms with Crippen LogP contribution in [0.3, 0.4) is 0 Å². The summed E-state index contributed by atoms with van der Waals surface area (Å²) in [5.41, 5.74) is 1.67. The van der Waals surface area contributed by atoms with E-state index >= 15 is 0 Å². The Hall–Kier alpha value is -3.60. The average molecular weight is 596 g/mol. The molecular formula is C27H22FIN4O3. The first-order chi connectivity index (χ1) is 17.4. The summed E-state index contributed by atoms with van der Waals surface area (Å²) in [6.45, 7) is 1.41. The lowest BCUT2D eigenvalue weighted by Gasteiger charge is -2.35. The number of fused-ring (bicyclic) bond motifs is 1. The summed E-state index contributed by atoms with van der Waals surface area (Å²) in [5.74, 6) is -1.08. The summed E-state index contributed by atoms with van der Waals surface area (Å²) >= 11 is 2.17. The highest BCUT2D eigenvalue weighted by Crippen LogP contribution is 2.20. The maximum Gasteiger partial charge on any atom is 0.272 e. The summed E-state index contributed by atoms with van der Waals surface area (Å²) in [7, 11) is 0. The van der Waals surface area contributed by atoms with E-state index in [1.807, 2.05) is 30.3 Å². The number of rotatable bonds is 4. The fraction of sp³-hybridized carbons (Fsp3) is 0.185. The molecule has 0 radical (unpaired) electrons. The Morgan fingerprint density at radius 2 is 1.58 bits per heavy atom. The van der Waals surface area contributed by atoms with E-state index in [1.165, 1.54) is 6.07 Å². The Morgan fingerprint density at radius 1 is 0.889 bits per heavy atom. The van der Waals surface area contributed by atoms with Gasteiger partial charge in [0.05, 0.1) is 16.6 Å². The second-order valence-electron chi connectivity index (χ2n) is 8.63. The Kier molecular flexibility index (Phi) is 6.82. The van der Waals surface area contributed by atoms with E-state index in [9.17, 15) is 18.8 Å². The number of amides is 2. The monoisotopic (exact) mass is 596 g/mol. The highest BCUT2D eigenvalue weighted by molar-refractivity contribution is 14.1. The van der Waals surface area contributed by atoms with Gasteiger partial charge in [0.2, 0.25) is 0 Å². The van der Waals surface area contributed by atoms with Crippen LogP contribution in [0.2, 0.25) is 0 Å². The van der Waals surface area contributed by atoms with Gasteiger partial charge in [0, 0.05) is 47.1 Å². The van der Waals surface area contributed by atoms with Gasteiger partial charge in [-0.3, -0.25) is 14.4 Å². The molecule has 4 aromatic rings. The van der Waals surface area contributed by atoms with Crippen LogP contribution >= 0.6 is 22.6 Å². The van der Waals surface area contributed by atoms with E-state index in [2.05, 4.69) is 32.8 Å². The number of carbonyl (C=O) groups is 2. The smallest absolute Gasteiger partial charge is 0.272 e. The lowest BCUT2D eigenvalue weighted by Crippen LogP contribution is -2.50. The molecule has 9 heteroatoms. The Labute approximate surface area is 220 Å². The number of carbonyl (C=O) groups excluding carboxylic acids is 2. The molecule has 1 N–H and O–H groups in total. The SMILES string of the molecule is O=C(c1cccc(I)c1)N1CCN(C(=O)c2cc(Cc3n[nH]c(=O)c4ccccc34)ccc2F)CC1. The van der Waals surface area contributed by atoms with Crippen LogP contribution in [0.4, 0.5) is 4.39 Å². The van der Waals surface area contributed by atoms with E-state index in [1.54, 1.807) is 40.1 Å². The van der Waals surface area contributed by atoms with Gasteiger partial charge in [-0.25, -0.2) is 9.49 Å². The van der Waals surface area contributed by atoms with Gasteiger partial charge in [0.15, 0.2) is 0 Å². The minimum atomic E-state index is -0.597. The quantitative estimate of drug-likeness (QED) is 0.363. The summed E-state index contributed by atoms with van der Waals surface area (Å²) in [5, 5.41) is 7.92. The number of halogens is 2. The van der Waals surface area contributed by atoms with Gasteiger partial charge in [-0.05, 0) is 64.6 Å². The van der Waals surface area contributed by atoms with E-state index in [0.717, 1.165) is 3.57 Å². The van der Waals surface area contributed by atoms with Crippen LogP contribution in [0.15, 0.2) is 71.5 Å². The molecule has 182 valence electrons. The Morgan fingerprint density at radius 3 is 2.31 bits per heavy atom. The van der Waals surface area contributed by atoms with Crippen LogP contribution in [0.1, 0.15) is 32.0 Å². The third kappa shape index (κ3) is 4.88. The Bertz CT molecular complexity index is 1530. The third-order valence-corrected chi connectivity index (χ3v) is 7.00. The van der Waals surface area contributed by atoms with Crippen molar-refractivity contribution < 1.29 is 14.0 Å². The highest BCUT2D eigenvalue weighted by Gasteiger charge is 2.27. The van der Waals surface area contributed by atoms with Crippen LogP contribution < -0.4 is 5.56 Å². The van der Waals surface area contributed by atoms with E-state index < -0.39 is 11.7 Å². The first-order valence-corrected chi connectivity index (χ1v) is 12.6. The number of hydrogen-bond acceptors (Lipinski definition) is 4. The number of benzene rings is 3. The fourth-order valence-electron chi connectivity index (χ4n) is 4.43. The molecule has 1 saturated heterocycles. The van der Waals surface area contributed by atoms with Gasteiger partial charge in [0.25, 0.3) is 17.4 Å². The number of nitrogens with one attached hydrogen (secondary N) is 1. The van der Waals surface area contributed by atoms with Crippen molar-refractivity contribution in [2.75, 3.05) is 26.2 Å². The van der Waals surface area contributed by atoms with Gasteiger partial charge in [0.1, 0.15) is 5.82 Å². The standard InChI is InChI=1S/C27H22FIN4O3/c28-23-9-8-17(15-24-20-6-1-2-7-21(20)25(34)31-30-24)14-22(23)27(36)33-12-10-32(11-13-33)26(35)18-4-3-5-19(29)16-18/h1-9,14,16H,10-13,15H2,(H,31,34). The van der Waals surface area contributed by atoms with Crippen LogP contribution in [0, 0.1) is 9.39 Å². The van der Waals surface area contributed by atoms with Crippen LogP contribution in [0.5, 0.6) is 0 Å². The maximum absolute atomic E-state index is 14.7. The highest BCUT2D eigenvalue weighted by atomic mass is 127. The molecule has 0 saturated carbocycles. The van der Waals surface area contributed by atoms with Crippen LogP contribution in [0.25, 0.3) is 10.8 Å². The van der Waals surface area contributed by atoms with Crippen molar-refractivity contribution in [2.24, 2.45) is 0 Å². The summed E-state index contributed by atoms with van der Waals surface area (Å²) < 4.78 is 15.7. The molecule has 0 unspecified atom stereocenters. The number of hydrogen-bond donors (Lipinski definition) is 1. The zero-order valence-electron chi connectivity index (χ0n) is 19.2. The molecule has 3 aromatic carbocycles. The molecule has 1 aromatic heterocycles. The molecule has 1 fully saturated rings. The lowest BCUT2D eigenvalue weighted by molar-refractivity contribution is 0.0532. The number of nitrogens with zero attached hydrogens (tertiary/aromatic N) is 3. The largest absolute Gasteiger partial charge is 0.335 e. The molecule has 0 atom stereocenters. The third-order valence-electron chi connectivity index (χ3n) is 6.33. The topological polar surface area (TPSA) is 86.4 Å². The summed E-state index contributed by atoms with van der Waals surface area (Å²) in [6.07, 6.45) is 0.329. The fourth-order valence-corrected chi connectivity index (χ4v) is 4.98. The van der Waals surface area contributed by atoms with Crippen LogP contribution in [-0.4, -0.2) is 58.0 Å². The second-order valence-corrected chi connectivity index (χ2v) is 9.88. The molecule has 7 nitrogen and oxygen atoms in total. The van der Waals surface area contributed by atoms with E-state index in [-0.39, 0.29) is 17.0 Å². The number of aromatic nitrogens is 2. The van der Waals surface area contributed by atoms with E-state index in [0.29, 0.717) is 60.2 Å². The average Bonchev–Trinajstić information content (AvgIpc) is 2.91. The molecule has 5 rings (SSSR count). The van der Waals surface area contributed by atoms with Gasteiger partial charge < -0.3 is 9.80 Å². The molecule has 1 aliphatic heterocycles. The van der Waals surface area contributed by atoms with Crippen molar-refractivity contribution in [1.29, 1.82) is 0 Å². The predicted molar refractivity (Wildman–Crippen MR) is 143 cm³/mol. The molecule has 0 bridgehead atoms. The molecule has 2 heterocycles. The summed E-state index contributed by atoms with van der Waals surface area (Å²) in [6, 6.07) is 19.0. The first kappa shape index (κ1) is 24.1. The molecule has 0 aliphatic carbocycles. The zero-order chi connectivity index (χ0) is 25.2. The zero-order valence-corrected chi connectivity index (χ0v) is 21.4. The van der Waals surface area contributed by atoms with Gasteiger partial charge in [-0.2, -0.15) is 5.10 Å². The molecular weight excluding hydrogens is 574 g/mol. The summed E-state index contributed by atoms with van der Waals surface area (Å²) in [4.78, 5) is 41.4. The van der Waals surface area contributed by atoms with Gasteiger partial charge in [-0.1, -0.05) is 30.3 Å². The second kappa shape index (κ2) is 10.2. The molecule has 2 amide bonds.